The molecule has 0 N–H and O–H groups in total. The van der Waals surface area contributed by atoms with Crippen molar-refractivity contribution in [3.63, 3.8) is 0 Å². The van der Waals surface area contributed by atoms with Crippen LogP contribution in [0.5, 0.6) is 5.75 Å². The van der Waals surface area contributed by atoms with Gasteiger partial charge in [0.2, 0.25) is 0 Å². The smallest absolute Gasteiger partial charge is 0.337 e. The molecule has 0 saturated heterocycles. The molecule has 0 fully saturated rings. The molecule has 0 atom stereocenters. The lowest BCUT2D eigenvalue weighted by Gasteiger charge is -1.99. The Morgan fingerprint density at radius 3 is 2.37 bits per heavy atom. The van der Waals surface area contributed by atoms with Gasteiger partial charge in [0, 0.05) is 26.3 Å². The van der Waals surface area contributed by atoms with Crippen LogP contribution in [0.2, 0.25) is 0 Å². The first-order valence-electron chi connectivity index (χ1n) is 5.08. The molecule has 0 unspecified atom stereocenters. The minimum atomic E-state index is -0.407. The van der Waals surface area contributed by atoms with Gasteiger partial charge < -0.3 is 9.47 Å². The molecule has 0 bridgehead atoms. The Labute approximate surface area is 120 Å². The number of benzene rings is 1. The maximum atomic E-state index is 11.2. The number of ether oxygens (including phenoxy) is 2. The second kappa shape index (κ2) is 7.92. The van der Waals surface area contributed by atoms with Crippen LogP contribution in [0.25, 0.3) is 0 Å². The van der Waals surface area contributed by atoms with Gasteiger partial charge in [-0.05, 0) is 42.0 Å². The summed E-state index contributed by atoms with van der Waals surface area (Å²) in [6.07, 6.45) is 7.29. The standard InChI is InChI=1S/C16H8O3.6H2/c1-3-4-5-6-7-8-13-19-15-11-9-14(10-12-15)16(17)18-2;;;;;;/h1,9-12H,2H3;6*1H. The van der Waals surface area contributed by atoms with Gasteiger partial charge in [-0.3, -0.25) is 0 Å². The average molecular weight is 260 g/mol. The van der Waals surface area contributed by atoms with E-state index in [-0.39, 0.29) is 8.56 Å². The van der Waals surface area contributed by atoms with Crippen molar-refractivity contribution in [2.24, 2.45) is 0 Å². The van der Waals surface area contributed by atoms with Crippen LogP contribution in [-0.4, -0.2) is 13.1 Å². The SMILES string of the molecule is C#CC#CC#CC#COc1ccc(C(=O)OC)cc1.[HH].[HH].[HH].[HH].[HH].[HH]. The summed E-state index contributed by atoms with van der Waals surface area (Å²) in [5, 5.41) is 0. The lowest BCUT2D eigenvalue weighted by Crippen LogP contribution is -2.00. The monoisotopic (exact) mass is 260 g/mol. The van der Waals surface area contributed by atoms with Crippen LogP contribution in [0.4, 0.5) is 0 Å². The second-order valence-electron chi connectivity index (χ2n) is 2.99. The number of methoxy groups -OCH3 is 1. The van der Waals surface area contributed by atoms with E-state index in [2.05, 4.69) is 46.4 Å². The molecule has 0 aromatic heterocycles. The van der Waals surface area contributed by atoms with Gasteiger partial charge in [0.25, 0.3) is 0 Å². The van der Waals surface area contributed by atoms with E-state index in [9.17, 15) is 4.79 Å². The van der Waals surface area contributed by atoms with E-state index in [0.29, 0.717) is 11.3 Å². The fraction of sp³-hybridized carbons (Fsp3) is 0.0625. The maximum Gasteiger partial charge on any atom is 0.337 e. The summed E-state index contributed by atoms with van der Waals surface area (Å²) in [5.41, 5.74) is 0.437. The molecule has 0 radical (unpaired) electrons. The molecule has 3 nitrogen and oxygen atoms in total. The lowest BCUT2D eigenvalue weighted by molar-refractivity contribution is 0.0600. The summed E-state index contributed by atoms with van der Waals surface area (Å²) >= 11 is 0. The minimum absolute atomic E-state index is 0. The van der Waals surface area contributed by atoms with Crippen LogP contribution in [0.15, 0.2) is 24.3 Å². The van der Waals surface area contributed by atoms with Gasteiger partial charge >= 0.3 is 5.97 Å². The number of esters is 1. The summed E-state index contributed by atoms with van der Waals surface area (Å²) in [5.74, 6) is 14.3. The van der Waals surface area contributed by atoms with Crippen molar-refractivity contribution in [2.75, 3.05) is 7.11 Å². The number of hydrogen-bond donors (Lipinski definition) is 0. The predicted octanol–water partition coefficient (Wildman–Crippen LogP) is 2.93. The highest BCUT2D eigenvalue weighted by atomic mass is 16.5. The Bertz CT molecular complexity index is 692. The molecule has 0 aliphatic carbocycles. The first-order valence-corrected chi connectivity index (χ1v) is 5.08. The van der Waals surface area contributed by atoms with Gasteiger partial charge in [-0.2, -0.15) is 0 Å². The van der Waals surface area contributed by atoms with E-state index >= 15 is 0 Å². The fourth-order valence-corrected chi connectivity index (χ4v) is 1.02. The van der Waals surface area contributed by atoms with Gasteiger partial charge in [0.05, 0.1) is 12.7 Å². The molecule has 0 spiro atoms. The molecule has 1 rings (SSSR count). The zero-order chi connectivity index (χ0) is 13.9. The first kappa shape index (κ1) is 13.8. The maximum absolute atomic E-state index is 11.2. The van der Waals surface area contributed by atoms with Gasteiger partial charge in [-0.25, -0.2) is 4.79 Å². The van der Waals surface area contributed by atoms with E-state index < -0.39 is 5.97 Å². The molecule has 19 heavy (non-hydrogen) atoms. The summed E-state index contributed by atoms with van der Waals surface area (Å²) < 4.78 is 9.65. The van der Waals surface area contributed by atoms with Crippen LogP contribution in [-0.2, 0) is 4.74 Å². The number of rotatable bonds is 2. The number of carbonyl (C=O) groups excluding carboxylic acids is 1. The van der Waals surface area contributed by atoms with E-state index in [1.807, 2.05) is 0 Å². The van der Waals surface area contributed by atoms with Crippen molar-refractivity contribution in [2.45, 2.75) is 0 Å². The molecule has 0 saturated carbocycles. The Kier molecular flexibility index (Phi) is 5.75. The second-order valence-corrected chi connectivity index (χ2v) is 2.99. The molecule has 0 amide bonds. The quantitative estimate of drug-likeness (QED) is 0.606. The Morgan fingerprint density at radius 2 is 1.74 bits per heavy atom. The van der Waals surface area contributed by atoms with Crippen molar-refractivity contribution in [1.82, 2.24) is 0 Å². The molecular formula is C16H20O3. The fourth-order valence-electron chi connectivity index (χ4n) is 1.02. The lowest BCUT2D eigenvalue weighted by atomic mass is 10.2. The van der Waals surface area contributed by atoms with E-state index in [1.165, 1.54) is 7.11 Å². The topological polar surface area (TPSA) is 35.5 Å². The molecule has 1 aromatic rings. The zero-order valence-corrected chi connectivity index (χ0v) is 10.1. The third-order valence-electron chi connectivity index (χ3n) is 1.82. The average Bonchev–Trinajstić information content (AvgIpc) is 2.46. The molecule has 3 heteroatoms. The van der Waals surface area contributed by atoms with Gasteiger partial charge in [0.15, 0.2) is 0 Å². The number of hydrogen-bond acceptors (Lipinski definition) is 3. The van der Waals surface area contributed by atoms with E-state index in [1.54, 1.807) is 24.3 Å². The van der Waals surface area contributed by atoms with Crippen LogP contribution in [0.1, 0.15) is 18.9 Å². The van der Waals surface area contributed by atoms with Gasteiger partial charge in [-0.1, -0.05) is 0 Å². The van der Waals surface area contributed by atoms with Crippen molar-refractivity contribution in [3.8, 4) is 53.8 Å². The van der Waals surface area contributed by atoms with Crippen LogP contribution >= 0.6 is 0 Å². The highest BCUT2D eigenvalue weighted by Gasteiger charge is 2.03. The molecule has 0 heterocycles. The van der Waals surface area contributed by atoms with E-state index in [4.69, 9.17) is 11.2 Å². The van der Waals surface area contributed by atoms with E-state index in [0.717, 1.165) is 0 Å². The summed E-state index contributed by atoms with van der Waals surface area (Å²) in [7, 11) is 1.32. The highest BCUT2D eigenvalue weighted by molar-refractivity contribution is 5.89. The van der Waals surface area contributed by atoms with Crippen molar-refractivity contribution >= 4 is 5.97 Å². The van der Waals surface area contributed by atoms with Crippen molar-refractivity contribution in [3.05, 3.63) is 29.8 Å². The van der Waals surface area contributed by atoms with Gasteiger partial charge in [0.1, 0.15) is 11.9 Å². The van der Waals surface area contributed by atoms with Crippen LogP contribution < -0.4 is 4.74 Å². The predicted molar refractivity (Wildman–Crippen MR) is 83.3 cm³/mol. The highest BCUT2D eigenvalue weighted by Crippen LogP contribution is 2.12. The zero-order valence-electron chi connectivity index (χ0n) is 10.1. The molecule has 0 aliphatic rings. The van der Waals surface area contributed by atoms with Gasteiger partial charge in [-0.15, -0.1) is 6.42 Å². The molecule has 0 aliphatic heterocycles. The van der Waals surface area contributed by atoms with Crippen molar-refractivity contribution < 1.29 is 22.8 Å². The molecular weight excluding hydrogens is 240 g/mol. The first-order chi connectivity index (χ1) is 9.27. The third kappa shape index (κ3) is 5.06. The molecule has 1 aromatic carbocycles. The van der Waals surface area contributed by atoms with Crippen LogP contribution in [0.3, 0.4) is 0 Å². The Balaban J connectivity index is -0.000000150. The molecule has 102 valence electrons. The minimum Gasteiger partial charge on any atom is -0.465 e. The summed E-state index contributed by atoms with van der Waals surface area (Å²) in [4.78, 5) is 11.2. The number of carbonyl (C=O) groups is 1. The third-order valence-corrected chi connectivity index (χ3v) is 1.82. The summed E-state index contributed by atoms with van der Waals surface area (Å²) in [6.45, 7) is 0. The number of terminal acetylenes is 1. The van der Waals surface area contributed by atoms with Crippen molar-refractivity contribution in [1.29, 1.82) is 0 Å². The normalized spacial score (nSPS) is 7.16. The Morgan fingerprint density at radius 1 is 1.11 bits per heavy atom. The van der Waals surface area contributed by atoms with Crippen LogP contribution in [0, 0.1) is 48.1 Å². The Hall–Kier alpha value is -3.27. The largest absolute Gasteiger partial charge is 0.465 e. The summed E-state index contributed by atoms with van der Waals surface area (Å²) in [6, 6.07) is 6.36.